The Balaban J connectivity index is 2.14. The third kappa shape index (κ3) is 2.73. The number of aryl methyl sites for hydroxylation is 1. The highest BCUT2D eigenvalue weighted by molar-refractivity contribution is 7.09. The summed E-state index contributed by atoms with van der Waals surface area (Å²) in [4.78, 5) is 15.0. The van der Waals surface area contributed by atoms with Crippen LogP contribution in [0.15, 0.2) is 11.6 Å². The van der Waals surface area contributed by atoms with Gasteiger partial charge in [0.25, 0.3) is 5.78 Å². The second-order valence-electron chi connectivity index (χ2n) is 3.51. The van der Waals surface area contributed by atoms with Gasteiger partial charge in [-0.25, -0.2) is 9.67 Å². The summed E-state index contributed by atoms with van der Waals surface area (Å²) in [6.07, 6.45) is -3.97. The van der Waals surface area contributed by atoms with Gasteiger partial charge < -0.3 is 0 Å². The van der Waals surface area contributed by atoms with Crippen LogP contribution in [0, 0.1) is 6.92 Å². The van der Waals surface area contributed by atoms with Gasteiger partial charge in [-0.1, -0.05) is 5.21 Å². The number of rotatable bonds is 3. The van der Waals surface area contributed by atoms with E-state index in [1.54, 1.807) is 6.92 Å². The maximum Gasteiger partial charge on any atom is 0.456 e. The van der Waals surface area contributed by atoms with Crippen molar-refractivity contribution in [3.05, 3.63) is 28.0 Å². The Hall–Kier alpha value is -1.77. The van der Waals surface area contributed by atoms with Gasteiger partial charge in [0.05, 0.1) is 12.7 Å². The van der Waals surface area contributed by atoms with Gasteiger partial charge in [-0.2, -0.15) is 13.2 Å². The first-order chi connectivity index (χ1) is 8.36. The molecule has 5 nitrogen and oxygen atoms in total. The zero-order valence-electron chi connectivity index (χ0n) is 9.10. The Morgan fingerprint density at radius 2 is 2.22 bits per heavy atom. The van der Waals surface area contributed by atoms with Gasteiger partial charge in [-0.15, -0.1) is 16.4 Å². The van der Waals surface area contributed by atoms with Crippen LogP contribution in [0.25, 0.3) is 0 Å². The number of hydrogen-bond donors (Lipinski definition) is 0. The van der Waals surface area contributed by atoms with Crippen molar-refractivity contribution in [2.24, 2.45) is 0 Å². The van der Waals surface area contributed by atoms with Crippen molar-refractivity contribution in [1.29, 1.82) is 0 Å². The molecule has 0 aliphatic rings. The molecule has 0 aliphatic carbocycles. The summed E-state index contributed by atoms with van der Waals surface area (Å²) in [5.41, 5.74) is 0.109. The van der Waals surface area contributed by atoms with E-state index >= 15 is 0 Å². The van der Waals surface area contributed by atoms with E-state index in [1.165, 1.54) is 11.3 Å². The lowest BCUT2D eigenvalue weighted by Gasteiger charge is -1.99. The number of carbonyl (C=O) groups is 1. The van der Waals surface area contributed by atoms with E-state index < -0.39 is 17.7 Å². The number of thiazole rings is 1. The summed E-state index contributed by atoms with van der Waals surface area (Å²) < 4.78 is 37.6. The van der Waals surface area contributed by atoms with Crippen molar-refractivity contribution in [2.75, 3.05) is 0 Å². The zero-order chi connectivity index (χ0) is 13.3. The molecule has 96 valence electrons. The van der Waals surface area contributed by atoms with Crippen LogP contribution in [0.1, 0.15) is 21.2 Å². The lowest BCUT2D eigenvalue weighted by molar-refractivity contribution is -0.0888. The smallest absolute Gasteiger partial charge is 0.282 e. The minimum atomic E-state index is -4.93. The highest BCUT2D eigenvalue weighted by Gasteiger charge is 2.41. The van der Waals surface area contributed by atoms with Gasteiger partial charge in [0.15, 0.2) is 5.69 Å². The van der Waals surface area contributed by atoms with Crippen molar-refractivity contribution >= 4 is 17.1 Å². The first-order valence-electron chi connectivity index (χ1n) is 4.79. The average Bonchev–Trinajstić information content (AvgIpc) is 2.86. The number of aromatic nitrogens is 4. The summed E-state index contributed by atoms with van der Waals surface area (Å²) in [6, 6.07) is 0. The molecule has 0 atom stereocenters. The molecule has 2 rings (SSSR count). The van der Waals surface area contributed by atoms with E-state index in [4.69, 9.17) is 0 Å². The summed E-state index contributed by atoms with van der Waals surface area (Å²) in [5, 5.41) is 9.17. The van der Waals surface area contributed by atoms with Crippen LogP contribution in [0.4, 0.5) is 13.2 Å². The van der Waals surface area contributed by atoms with E-state index in [9.17, 15) is 18.0 Å². The van der Waals surface area contributed by atoms with Crippen molar-refractivity contribution in [2.45, 2.75) is 19.6 Å². The summed E-state index contributed by atoms with van der Waals surface area (Å²) in [7, 11) is 0. The molecule has 0 saturated carbocycles. The van der Waals surface area contributed by atoms with Gasteiger partial charge in [-0.3, -0.25) is 4.79 Å². The molecular formula is C9H7F3N4OS. The molecular weight excluding hydrogens is 269 g/mol. The second kappa shape index (κ2) is 4.48. The van der Waals surface area contributed by atoms with Crippen molar-refractivity contribution in [3.8, 4) is 0 Å². The Labute approximate surface area is 103 Å². The molecule has 0 aromatic carbocycles. The molecule has 0 unspecified atom stereocenters. The fourth-order valence-corrected chi connectivity index (χ4v) is 2.00. The molecule has 0 bridgehead atoms. The molecule has 9 heteroatoms. The first kappa shape index (κ1) is 12.7. The van der Waals surface area contributed by atoms with Crippen molar-refractivity contribution in [1.82, 2.24) is 20.0 Å². The van der Waals surface area contributed by atoms with Crippen LogP contribution in [0.2, 0.25) is 0 Å². The minimum Gasteiger partial charge on any atom is -0.282 e. The summed E-state index contributed by atoms with van der Waals surface area (Å²) in [5.74, 6) is -2.00. The molecule has 0 spiro atoms. The summed E-state index contributed by atoms with van der Waals surface area (Å²) in [6.45, 7) is 2.00. The third-order valence-electron chi connectivity index (χ3n) is 1.99. The van der Waals surface area contributed by atoms with E-state index in [-0.39, 0.29) is 6.54 Å². The predicted octanol–water partition coefficient (Wildman–Crippen LogP) is 1.84. The van der Waals surface area contributed by atoms with Gasteiger partial charge in [-0.05, 0) is 6.92 Å². The number of hydrogen-bond acceptors (Lipinski definition) is 5. The largest absolute Gasteiger partial charge is 0.456 e. The minimum absolute atomic E-state index is 0.191. The van der Waals surface area contributed by atoms with Crippen LogP contribution >= 0.6 is 11.3 Å². The van der Waals surface area contributed by atoms with Gasteiger partial charge in [0, 0.05) is 11.1 Å². The average molecular weight is 276 g/mol. The molecule has 2 aromatic rings. The fraction of sp³-hybridized carbons (Fsp3) is 0.333. The van der Waals surface area contributed by atoms with Crippen LogP contribution in [-0.4, -0.2) is 31.9 Å². The van der Waals surface area contributed by atoms with Gasteiger partial charge in [0.2, 0.25) is 0 Å². The van der Waals surface area contributed by atoms with Crippen LogP contribution in [-0.2, 0) is 6.54 Å². The maximum atomic E-state index is 12.1. The zero-order valence-corrected chi connectivity index (χ0v) is 9.92. The number of carbonyl (C=O) groups excluding carboxylic acids is 1. The Kier molecular flexibility index (Phi) is 3.16. The molecule has 0 radical (unpaired) electrons. The predicted molar refractivity (Wildman–Crippen MR) is 56.4 cm³/mol. The lowest BCUT2D eigenvalue weighted by atomic mass is 10.3. The highest BCUT2D eigenvalue weighted by atomic mass is 32.1. The molecule has 18 heavy (non-hydrogen) atoms. The van der Waals surface area contributed by atoms with Crippen molar-refractivity contribution < 1.29 is 18.0 Å². The van der Waals surface area contributed by atoms with Crippen molar-refractivity contribution in [3.63, 3.8) is 0 Å². The number of nitrogens with zero attached hydrogens (tertiary/aromatic N) is 4. The Bertz CT molecular complexity index is 574. The number of Topliss-reactive ketones (excluding diaryl/α,β-unsaturated/α-hetero) is 1. The number of halogens is 3. The van der Waals surface area contributed by atoms with E-state index in [0.29, 0.717) is 5.01 Å². The molecule has 0 saturated heterocycles. The van der Waals surface area contributed by atoms with E-state index in [1.807, 2.05) is 5.38 Å². The standard InChI is InChI=1S/C9H7F3N4OS/c1-5-4-18-7(13-5)3-16-2-6(14-15-16)8(17)9(10,11)12/h2,4H,3H2,1H3. The maximum absolute atomic E-state index is 12.1. The topological polar surface area (TPSA) is 60.7 Å². The van der Waals surface area contributed by atoms with Crippen LogP contribution in [0.5, 0.6) is 0 Å². The number of alkyl halides is 3. The van der Waals surface area contributed by atoms with Gasteiger partial charge in [0.1, 0.15) is 5.01 Å². The monoisotopic (exact) mass is 276 g/mol. The Morgan fingerprint density at radius 3 is 2.78 bits per heavy atom. The number of ketones is 1. The fourth-order valence-electron chi connectivity index (χ4n) is 1.24. The first-order valence-corrected chi connectivity index (χ1v) is 5.67. The SMILES string of the molecule is Cc1csc(Cn2cc(C(=O)C(F)(F)F)nn2)n1. The molecule has 2 aromatic heterocycles. The molecule has 0 amide bonds. The Morgan fingerprint density at radius 1 is 1.50 bits per heavy atom. The van der Waals surface area contributed by atoms with Crippen LogP contribution in [0.3, 0.4) is 0 Å². The van der Waals surface area contributed by atoms with E-state index in [2.05, 4.69) is 15.3 Å². The molecule has 0 fully saturated rings. The van der Waals surface area contributed by atoms with Crippen LogP contribution < -0.4 is 0 Å². The second-order valence-corrected chi connectivity index (χ2v) is 4.45. The molecule has 2 heterocycles. The highest BCUT2D eigenvalue weighted by Crippen LogP contribution is 2.20. The third-order valence-corrected chi connectivity index (χ3v) is 2.94. The lowest BCUT2D eigenvalue weighted by Crippen LogP contribution is -2.23. The van der Waals surface area contributed by atoms with Gasteiger partial charge >= 0.3 is 6.18 Å². The molecule has 0 N–H and O–H groups in total. The summed E-state index contributed by atoms with van der Waals surface area (Å²) >= 11 is 1.36. The molecule has 0 aliphatic heterocycles. The van der Waals surface area contributed by atoms with E-state index in [0.717, 1.165) is 16.6 Å². The normalized spacial score (nSPS) is 11.8. The quantitative estimate of drug-likeness (QED) is 0.802.